The minimum atomic E-state index is -0.889. The Labute approximate surface area is 165 Å². The number of urea groups is 1. The van der Waals surface area contributed by atoms with Crippen LogP contribution in [0.4, 0.5) is 4.79 Å². The van der Waals surface area contributed by atoms with Crippen molar-refractivity contribution in [3.8, 4) is 0 Å². The topological polar surface area (TPSA) is 69.6 Å². The molecule has 5 nitrogen and oxygen atoms in total. The highest BCUT2D eigenvalue weighted by molar-refractivity contribution is 9.10. The fraction of sp³-hybridized carbons (Fsp3) is 0.263. The summed E-state index contributed by atoms with van der Waals surface area (Å²) in [4.78, 5) is 25.8. The zero-order valence-electron chi connectivity index (χ0n) is 13.9. The summed E-state index contributed by atoms with van der Waals surface area (Å²) < 4.78 is 0.895. The predicted octanol–water partition coefficient (Wildman–Crippen LogP) is 4.11. The number of hydrogen-bond acceptors (Lipinski definition) is 2. The van der Waals surface area contributed by atoms with Gasteiger partial charge in [-0.25, -0.2) is 4.79 Å². The van der Waals surface area contributed by atoms with Crippen molar-refractivity contribution in [1.82, 2.24) is 10.2 Å². The van der Waals surface area contributed by atoms with Crippen LogP contribution in [0, 0.1) is 5.92 Å². The van der Waals surface area contributed by atoms with E-state index in [0.717, 1.165) is 15.6 Å². The molecule has 0 aliphatic carbocycles. The highest BCUT2D eigenvalue weighted by Gasteiger charge is 2.35. The van der Waals surface area contributed by atoms with E-state index < -0.39 is 11.9 Å². The molecule has 0 bridgehead atoms. The Balaban J connectivity index is 1.78. The van der Waals surface area contributed by atoms with E-state index in [1.807, 2.05) is 36.4 Å². The first-order valence-corrected chi connectivity index (χ1v) is 9.36. The van der Waals surface area contributed by atoms with Crippen LogP contribution in [0.2, 0.25) is 5.02 Å². The molecule has 1 aliphatic rings. The molecule has 7 heteroatoms. The Hall–Kier alpha value is -2.05. The van der Waals surface area contributed by atoms with Gasteiger partial charge in [0.2, 0.25) is 0 Å². The first-order chi connectivity index (χ1) is 12.4. The lowest BCUT2D eigenvalue weighted by molar-refractivity contribution is -0.140. The summed E-state index contributed by atoms with van der Waals surface area (Å²) in [6, 6.07) is 14.4. The molecule has 2 N–H and O–H groups in total. The number of hydrogen-bond donors (Lipinski definition) is 2. The molecule has 2 atom stereocenters. The van der Waals surface area contributed by atoms with Crippen molar-refractivity contribution < 1.29 is 14.7 Å². The van der Waals surface area contributed by atoms with Crippen molar-refractivity contribution in [3.05, 3.63) is 69.2 Å². The van der Waals surface area contributed by atoms with Gasteiger partial charge in [0.25, 0.3) is 0 Å². The molecule has 2 amide bonds. The Morgan fingerprint density at radius 3 is 2.50 bits per heavy atom. The Bertz CT molecular complexity index is 795. The van der Waals surface area contributed by atoms with E-state index in [1.165, 1.54) is 0 Å². The molecule has 0 radical (unpaired) electrons. The normalized spacial score (nSPS) is 18.3. The van der Waals surface area contributed by atoms with Crippen LogP contribution in [0.15, 0.2) is 53.0 Å². The number of aliphatic carboxylic acids is 1. The summed E-state index contributed by atoms with van der Waals surface area (Å²) in [7, 11) is 0. The van der Waals surface area contributed by atoms with Gasteiger partial charge in [0.1, 0.15) is 0 Å². The summed E-state index contributed by atoms with van der Waals surface area (Å²) in [5.74, 6) is -1.80. The smallest absolute Gasteiger partial charge is 0.317 e. The largest absolute Gasteiger partial charge is 0.481 e. The zero-order valence-corrected chi connectivity index (χ0v) is 16.2. The van der Waals surface area contributed by atoms with E-state index in [4.69, 9.17) is 11.6 Å². The van der Waals surface area contributed by atoms with Gasteiger partial charge in [-0.3, -0.25) is 4.79 Å². The summed E-state index contributed by atoms with van der Waals surface area (Å²) in [5, 5.41) is 13.2. The maximum absolute atomic E-state index is 12.2. The molecule has 1 aliphatic heterocycles. The molecule has 0 saturated carbocycles. The minimum Gasteiger partial charge on any atom is -0.481 e. The number of nitrogens with one attached hydrogen (secondary N) is 1. The van der Waals surface area contributed by atoms with Gasteiger partial charge >= 0.3 is 12.0 Å². The quantitative estimate of drug-likeness (QED) is 0.739. The Morgan fingerprint density at radius 2 is 1.88 bits per heavy atom. The van der Waals surface area contributed by atoms with Gasteiger partial charge in [-0.1, -0.05) is 51.8 Å². The number of carbonyl (C=O) groups is 2. The first kappa shape index (κ1) is 18.7. The molecule has 3 rings (SSSR count). The summed E-state index contributed by atoms with van der Waals surface area (Å²) in [6.07, 6.45) is 0. The SMILES string of the molecule is O=C(O)C(c1ccc(Br)cc1)C1CNC(=O)N(Cc2ccc(Cl)cc2)C1. The van der Waals surface area contributed by atoms with Crippen LogP contribution < -0.4 is 5.32 Å². The molecule has 26 heavy (non-hydrogen) atoms. The molecular weight excluding hydrogens is 420 g/mol. The number of nitrogens with zero attached hydrogens (tertiary/aromatic N) is 1. The van der Waals surface area contributed by atoms with E-state index in [-0.39, 0.29) is 11.9 Å². The molecule has 136 valence electrons. The number of amides is 2. The summed E-state index contributed by atoms with van der Waals surface area (Å²) >= 11 is 9.27. The number of benzene rings is 2. The second-order valence-corrected chi connectivity index (χ2v) is 7.67. The molecule has 1 heterocycles. The van der Waals surface area contributed by atoms with Crippen LogP contribution in [-0.4, -0.2) is 35.1 Å². The van der Waals surface area contributed by atoms with E-state index in [1.54, 1.807) is 17.0 Å². The van der Waals surface area contributed by atoms with Gasteiger partial charge in [-0.05, 0) is 35.4 Å². The average molecular weight is 438 g/mol. The molecule has 2 aromatic carbocycles. The van der Waals surface area contributed by atoms with Crippen molar-refractivity contribution in [2.24, 2.45) is 5.92 Å². The second-order valence-electron chi connectivity index (χ2n) is 6.32. The van der Waals surface area contributed by atoms with E-state index >= 15 is 0 Å². The van der Waals surface area contributed by atoms with Crippen LogP contribution in [0.5, 0.6) is 0 Å². The van der Waals surface area contributed by atoms with Crippen molar-refractivity contribution in [2.75, 3.05) is 13.1 Å². The molecule has 1 fully saturated rings. The standard InChI is InChI=1S/C19H18BrClN2O3/c20-15-5-3-13(4-6-15)17(18(24)25)14-9-22-19(26)23(11-14)10-12-1-7-16(21)8-2-12/h1-8,14,17H,9-11H2,(H,22,26)(H,24,25). The van der Waals surface area contributed by atoms with Crippen molar-refractivity contribution in [3.63, 3.8) is 0 Å². The molecule has 0 spiro atoms. The van der Waals surface area contributed by atoms with Gasteiger partial charge in [-0.2, -0.15) is 0 Å². The van der Waals surface area contributed by atoms with Gasteiger partial charge in [0.15, 0.2) is 0 Å². The maximum Gasteiger partial charge on any atom is 0.317 e. The number of carboxylic acid groups (broad SMARTS) is 1. The minimum absolute atomic E-state index is 0.184. The fourth-order valence-electron chi connectivity index (χ4n) is 3.22. The van der Waals surface area contributed by atoms with Gasteiger partial charge in [0, 0.05) is 35.0 Å². The summed E-state index contributed by atoms with van der Waals surface area (Å²) in [6.45, 7) is 1.12. The molecule has 2 aromatic rings. The summed E-state index contributed by atoms with van der Waals surface area (Å²) in [5.41, 5.74) is 1.68. The third-order valence-electron chi connectivity index (χ3n) is 4.51. The van der Waals surface area contributed by atoms with Crippen molar-refractivity contribution >= 4 is 39.5 Å². The van der Waals surface area contributed by atoms with Gasteiger partial charge in [0.05, 0.1) is 5.92 Å². The molecule has 2 unspecified atom stereocenters. The monoisotopic (exact) mass is 436 g/mol. The van der Waals surface area contributed by atoms with Gasteiger partial charge < -0.3 is 15.3 Å². The lowest BCUT2D eigenvalue weighted by atomic mass is 9.84. The van der Waals surface area contributed by atoms with Crippen LogP contribution in [0.3, 0.4) is 0 Å². The average Bonchev–Trinajstić information content (AvgIpc) is 2.61. The lowest BCUT2D eigenvalue weighted by Crippen LogP contribution is -2.52. The highest BCUT2D eigenvalue weighted by Crippen LogP contribution is 2.29. The van der Waals surface area contributed by atoms with E-state index in [0.29, 0.717) is 24.7 Å². The van der Waals surface area contributed by atoms with Crippen molar-refractivity contribution in [1.29, 1.82) is 0 Å². The maximum atomic E-state index is 12.2. The van der Waals surface area contributed by atoms with E-state index in [2.05, 4.69) is 21.2 Å². The third kappa shape index (κ3) is 4.37. The zero-order chi connectivity index (χ0) is 18.7. The van der Waals surface area contributed by atoms with Crippen LogP contribution in [0.1, 0.15) is 17.0 Å². The predicted molar refractivity (Wildman–Crippen MR) is 103 cm³/mol. The Morgan fingerprint density at radius 1 is 1.23 bits per heavy atom. The van der Waals surface area contributed by atoms with Crippen LogP contribution in [0.25, 0.3) is 0 Å². The van der Waals surface area contributed by atoms with Crippen LogP contribution >= 0.6 is 27.5 Å². The lowest BCUT2D eigenvalue weighted by Gasteiger charge is -2.36. The number of carbonyl (C=O) groups excluding carboxylic acids is 1. The molecule has 0 aromatic heterocycles. The third-order valence-corrected chi connectivity index (χ3v) is 5.29. The molecule has 1 saturated heterocycles. The number of halogens is 2. The highest BCUT2D eigenvalue weighted by atomic mass is 79.9. The van der Waals surface area contributed by atoms with E-state index in [9.17, 15) is 14.7 Å². The first-order valence-electron chi connectivity index (χ1n) is 8.19. The van der Waals surface area contributed by atoms with Crippen LogP contribution in [-0.2, 0) is 11.3 Å². The number of rotatable bonds is 5. The molecular formula is C19H18BrClN2O3. The van der Waals surface area contributed by atoms with Gasteiger partial charge in [-0.15, -0.1) is 0 Å². The second kappa shape index (κ2) is 8.10. The Kier molecular flexibility index (Phi) is 5.84. The van der Waals surface area contributed by atoms with Crippen molar-refractivity contribution in [2.45, 2.75) is 12.5 Å². The fourth-order valence-corrected chi connectivity index (χ4v) is 3.61. The number of carboxylic acids is 1.